The Bertz CT molecular complexity index is 515. The number of nitrogens with one attached hydrogen (secondary N) is 1. The highest BCUT2D eigenvalue weighted by Gasteiger charge is 2.06. The number of hydrogen-bond donors (Lipinski definition) is 1. The zero-order valence-corrected chi connectivity index (χ0v) is 15.2. The van der Waals surface area contributed by atoms with Gasteiger partial charge in [0, 0.05) is 5.71 Å². The second-order valence-electron chi connectivity index (χ2n) is 5.08. The van der Waals surface area contributed by atoms with E-state index in [1.54, 1.807) is 0 Å². The highest BCUT2D eigenvalue weighted by atomic mass is 79.9. The van der Waals surface area contributed by atoms with Crippen LogP contribution in [0.15, 0.2) is 27.8 Å². The Morgan fingerprint density at radius 2 is 2.09 bits per heavy atom. The zero-order valence-electron chi connectivity index (χ0n) is 13.6. The maximum atomic E-state index is 11.8. The van der Waals surface area contributed by atoms with Crippen LogP contribution >= 0.6 is 15.9 Å². The summed E-state index contributed by atoms with van der Waals surface area (Å²) in [7, 11) is 0. The van der Waals surface area contributed by atoms with E-state index in [1.165, 1.54) is 5.56 Å². The molecule has 1 aromatic rings. The highest BCUT2D eigenvalue weighted by Crippen LogP contribution is 2.26. The van der Waals surface area contributed by atoms with Gasteiger partial charge in [-0.3, -0.25) is 4.79 Å². The third kappa shape index (κ3) is 6.60. The van der Waals surface area contributed by atoms with E-state index < -0.39 is 0 Å². The third-order valence-electron chi connectivity index (χ3n) is 3.33. The Balaban J connectivity index is 2.47. The first kappa shape index (κ1) is 18.7. The van der Waals surface area contributed by atoms with Crippen LogP contribution in [0.25, 0.3) is 0 Å². The Kier molecular flexibility index (Phi) is 8.82. The number of carbonyl (C=O) groups is 1. The number of rotatable bonds is 9. The third-order valence-corrected chi connectivity index (χ3v) is 3.95. The lowest BCUT2D eigenvalue weighted by atomic mass is 10.1. The number of hydrogen-bond acceptors (Lipinski definition) is 3. The smallest absolute Gasteiger partial charge is 0.277 e. The Morgan fingerprint density at radius 1 is 1.32 bits per heavy atom. The van der Waals surface area contributed by atoms with Crippen LogP contribution in [0.4, 0.5) is 0 Å². The monoisotopic (exact) mass is 368 g/mol. The number of aryl methyl sites for hydroxylation is 1. The molecule has 0 aliphatic rings. The Labute approximate surface area is 141 Å². The summed E-state index contributed by atoms with van der Waals surface area (Å²) in [6, 6.07) is 5.87. The van der Waals surface area contributed by atoms with Gasteiger partial charge in [0.25, 0.3) is 5.91 Å². The molecule has 4 nitrogen and oxygen atoms in total. The molecule has 0 spiro atoms. The minimum atomic E-state index is -0.242. The standard InChI is InChI=1S/C17H25BrN2O2/c1-4-7-8-14(6-3)19-20-17(21)12-22-16-10-9-13(5-2)11-15(16)18/h9-11H,4-8,12H2,1-3H3,(H,20,21)/b19-14+. The fourth-order valence-corrected chi connectivity index (χ4v) is 2.43. The van der Waals surface area contributed by atoms with Crippen molar-refractivity contribution in [1.82, 2.24) is 5.43 Å². The molecule has 0 fully saturated rings. The number of hydrazone groups is 1. The molecular formula is C17H25BrN2O2. The molecule has 0 saturated heterocycles. The summed E-state index contributed by atoms with van der Waals surface area (Å²) in [6.07, 6.45) is 4.96. The molecule has 0 aromatic heterocycles. The molecule has 0 radical (unpaired) electrons. The molecule has 1 amide bonds. The van der Waals surface area contributed by atoms with Crippen molar-refractivity contribution >= 4 is 27.5 Å². The lowest BCUT2D eigenvalue weighted by molar-refractivity contribution is -0.123. The summed E-state index contributed by atoms with van der Waals surface area (Å²) in [5.41, 5.74) is 4.80. The van der Waals surface area contributed by atoms with Gasteiger partial charge in [0.2, 0.25) is 0 Å². The van der Waals surface area contributed by atoms with E-state index >= 15 is 0 Å². The van der Waals surface area contributed by atoms with Crippen molar-refractivity contribution in [2.24, 2.45) is 5.10 Å². The summed E-state index contributed by atoms with van der Waals surface area (Å²) < 4.78 is 6.38. The summed E-state index contributed by atoms with van der Waals surface area (Å²) in [6.45, 7) is 6.24. The predicted molar refractivity (Wildman–Crippen MR) is 94.4 cm³/mol. The minimum absolute atomic E-state index is 0.0433. The quantitative estimate of drug-likeness (QED) is 0.516. The van der Waals surface area contributed by atoms with Crippen LogP contribution in [0.2, 0.25) is 0 Å². The van der Waals surface area contributed by atoms with E-state index in [1.807, 2.05) is 25.1 Å². The molecule has 0 unspecified atom stereocenters. The van der Waals surface area contributed by atoms with Gasteiger partial charge in [-0.2, -0.15) is 5.10 Å². The fraction of sp³-hybridized carbons (Fsp3) is 0.529. The molecule has 122 valence electrons. The molecule has 1 N–H and O–H groups in total. The van der Waals surface area contributed by atoms with Gasteiger partial charge in [-0.25, -0.2) is 5.43 Å². The van der Waals surface area contributed by atoms with Crippen molar-refractivity contribution in [2.75, 3.05) is 6.61 Å². The van der Waals surface area contributed by atoms with Gasteiger partial charge in [0.1, 0.15) is 5.75 Å². The van der Waals surface area contributed by atoms with Crippen molar-refractivity contribution < 1.29 is 9.53 Å². The SMILES string of the molecule is CCCC/C(CC)=N/NC(=O)COc1ccc(CC)cc1Br. The fourth-order valence-electron chi connectivity index (χ4n) is 1.89. The maximum absolute atomic E-state index is 11.8. The molecule has 0 aliphatic carbocycles. The van der Waals surface area contributed by atoms with E-state index in [9.17, 15) is 4.79 Å². The number of nitrogens with zero attached hydrogens (tertiary/aromatic N) is 1. The van der Waals surface area contributed by atoms with Gasteiger partial charge in [-0.05, 0) is 59.3 Å². The van der Waals surface area contributed by atoms with E-state index in [-0.39, 0.29) is 12.5 Å². The van der Waals surface area contributed by atoms with Crippen LogP contribution in [0.1, 0.15) is 52.0 Å². The van der Waals surface area contributed by atoms with Gasteiger partial charge in [-0.15, -0.1) is 0 Å². The summed E-state index contributed by atoms with van der Waals surface area (Å²) in [5.74, 6) is 0.423. The van der Waals surface area contributed by atoms with Gasteiger partial charge in [0.05, 0.1) is 4.47 Å². The van der Waals surface area contributed by atoms with Gasteiger partial charge >= 0.3 is 0 Å². The summed E-state index contributed by atoms with van der Waals surface area (Å²) >= 11 is 3.46. The van der Waals surface area contributed by atoms with E-state index in [0.29, 0.717) is 5.75 Å². The number of unbranched alkanes of at least 4 members (excludes halogenated alkanes) is 1. The zero-order chi connectivity index (χ0) is 16.4. The molecule has 0 bridgehead atoms. The first-order valence-electron chi connectivity index (χ1n) is 7.86. The number of halogens is 1. The first-order chi connectivity index (χ1) is 10.6. The van der Waals surface area contributed by atoms with Crippen molar-refractivity contribution in [1.29, 1.82) is 0 Å². The van der Waals surface area contributed by atoms with Gasteiger partial charge in [0.15, 0.2) is 6.61 Å². The van der Waals surface area contributed by atoms with E-state index in [4.69, 9.17) is 4.74 Å². The first-order valence-corrected chi connectivity index (χ1v) is 8.65. The molecule has 5 heteroatoms. The lowest BCUT2D eigenvalue weighted by Gasteiger charge is -2.09. The van der Waals surface area contributed by atoms with Gasteiger partial charge in [-0.1, -0.05) is 33.3 Å². The van der Waals surface area contributed by atoms with Crippen LogP contribution in [0, 0.1) is 0 Å². The molecule has 1 aromatic carbocycles. The summed E-state index contributed by atoms with van der Waals surface area (Å²) in [4.78, 5) is 11.8. The molecule has 22 heavy (non-hydrogen) atoms. The van der Waals surface area contributed by atoms with Crippen LogP contribution in [-0.4, -0.2) is 18.2 Å². The van der Waals surface area contributed by atoms with Gasteiger partial charge < -0.3 is 4.74 Å². The van der Waals surface area contributed by atoms with Crippen molar-refractivity contribution in [3.63, 3.8) is 0 Å². The highest BCUT2D eigenvalue weighted by molar-refractivity contribution is 9.10. The van der Waals surface area contributed by atoms with Crippen LogP contribution in [0.3, 0.4) is 0 Å². The second kappa shape index (κ2) is 10.4. The van der Waals surface area contributed by atoms with E-state index in [0.717, 1.165) is 42.3 Å². The van der Waals surface area contributed by atoms with Crippen LogP contribution in [-0.2, 0) is 11.2 Å². The molecule has 0 heterocycles. The lowest BCUT2D eigenvalue weighted by Crippen LogP contribution is -2.25. The maximum Gasteiger partial charge on any atom is 0.277 e. The molecular weight excluding hydrogens is 344 g/mol. The van der Waals surface area contributed by atoms with E-state index in [2.05, 4.69) is 40.3 Å². The normalized spacial score (nSPS) is 11.4. The number of benzene rings is 1. The minimum Gasteiger partial charge on any atom is -0.483 e. The molecule has 1 rings (SSSR count). The Hall–Kier alpha value is -1.36. The summed E-state index contributed by atoms with van der Waals surface area (Å²) in [5, 5.41) is 4.17. The van der Waals surface area contributed by atoms with Crippen molar-refractivity contribution in [3.8, 4) is 5.75 Å². The van der Waals surface area contributed by atoms with Crippen molar-refractivity contribution in [3.05, 3.63) is 28.2 Å². The van der Waals surface area contributed by atoms with Crippen molar-refractivity contribution in [2.45, 2.75) is 52.9 Å². The molecule has 0 atom stereocenters. The number of carbonyl (C=O) groups excluding carboxylic acids is 1. The average Bonchev–Trinajstić information content (AvgIpc) is 2.53. The largest absolute Gasteiger partial charge is 0.483 e. The Morgan fingerprint density at radius 3 is 2.68 bits per heavy atom. The van der Waals surface area contributed by atoms with Crippen LogP contribution < -0.4 is 10.2 Å². The van der Waals surface area contributed by atoms with Crippen LogP contribution in [0.5, 0.6) is 5.75 Å². The second-order valence-corrected chi connectivity index (χ2v) is 5.93. The topological polar surface area (TPSA) is 50.7 Å². The average molecular weight is 369 g/mol. The molecule has 0 aliphatic heterocycles. The number of ether oxygens (including phenoxy) is 1. The molecule has 0 saturated carbocycles. The predicted octanol–water partition coefficient (Wildman–Crippen LogP) is 4.46. The number of amides is 1.